The summed E-state index contributed by atoms with van der Waals surface area (Å²) in [4.78, 5) is 12.0. The molecule has 2 heterocycles. The second-order valence-corrected chi connectivity index (χ2v) is 8.59. The molecule has 0 aliphatic carbocycles. The number of hydrogen-bond acceptors (Lipinski definition) is 4. The fourth-order valence-corrected chi connectivity index (χ4v) is 4.99. The fraction of sp³-hybridized carbons (Fsp3) is 0.348. The van der Waals surface area contributed by atoms with E-state index in [0.29, 0.717) is 0 Å². The monoisotopic (exact) mass is 502 g/mol. The molecular weight excluding hydrogens is 475 g/mol. The molecular formula is C23H27IN4O. The molecule has 1 aliphatic rings. The first-order valence-electron chi connectivity index (χ1n) is 10.3. The van der Waals surface area contributed by atoms with Crippen LogP contribution in [0.1, 0.15) is 30.9 Å². The van der Waals surface area contributed by atoms with Gasteiger partial charge in [-0.15, -0.1) is 0 Å². The molecule has 0 fully saturated rings. The van der Waals surface area contributed by atoms with Gasteiger partial charge in [-0.05, 0) is 77.6 Å². The van der Waals surface area contributed by atoms with Crippen molar-refractivity contribution in [2.75, 3.05) is 30.1 Å². The molecule has 2 aromatic carbocycles. The van der Waals surface area contributed by atoms with Crippen LogP contribution >= 0.6 is 22.6 Å². The Labute approximate surface area is 185 Å². The quantitative estimate of drug-likeness (QED) is 0.378. The van der Waals surface area contributed by atoms with Crippen molar-refractivity contribution in [1.29, 1.82) is 0 Å². The SMILES string of the molecule is CCc1cc(I)c2c(c1)CCCN2NCCCNn1ccc(=O)c2ccccc21. The molecule has 0 bridgehead atoms. The Morgan fingerprint density at radius 3 is 2.79 bits per heavy atom. The van der Waals surface area contributed by atoms with Crippen LogP contribution in [0.4, 0.5) is 5.69 Å². The van der Waals surface area contributed by atoms with Crippen LogP contribution in [0.2, 0.25) is 0 Å². The van der Waals surface area contributed by atoms with Crippen LogP contribution in [0.25, 0.3) is 10.9 Å². The largest absolute Gasteiger partial charge is 0.326 e. The third-order valence-electron chi connectivity index (χ3n) is 5.45. The van der Waals surface area contributed by atoms with Crippen LogP contribution in [0.5, 0.6) is 0 Å². The number of aryl methyl sites for hydroxylation is 2. The summed E-state index contributed by atoms with van der Waals surface area (Å²) in [6.07, 6.45) is 6.23. The zero-order valence-electron chi connectivity index (χ0n) is 16.7. The minimum Gasteiger partial charge on any atom is -0.326 e. The third-order valence-corrected chi connectivity index (χ3v) is 6.27. The van der Waals surface area contributed by atoms with Crippen LogP contribution in [0.3, 0.4) is 0 Å². The summed E-state index contributed by atoms with van der Waals surface area (Å²) in [6, 6.07) is 14.0. The smallest absolute Gasteiger partial charge is 0.189 e. The lowest BCUT2D eigenvalue weighted by molar-refractivity contribution is 0.567. The van der Waals surface area contributed by atoms with Gasteiger partial charge in [0.05, 0.1) is 11.2 Å². The predicted molar refractivity (Wildman–Crippen MR) is 129 cm³/mol. The first kappa shape index (κ1) is 20.2. The van der Waals surface area contributed by atoms with Gasteiger partial charge in [0.2, 0.25) is 0 Å². The second-order valence-electron chi connectivity index (χ2n) is 7.43. The number of hydrogen-bond donors (Lipinski definition) is 2. The number of anilines is 1. The number of fused-ring (bicyclic) bond motifs is 2. The lowest BCUT2D eigenvalue weighted by Gasteiger charge is -2.33. The summed E-state index contributed by atoms with van der Waals surface area (Å²) >= 11 is 2.47. The van der Waals surface area contributed by atoms with E-state index in [9.17, 15) is 4.79 Å². The van der Waals surface area contributed by atoms with E-state index in [1.165, 1.54) is 33.2 Å². The van der Waals surface area contributed by atoms with Gasteiger partial charge in [0.25, 0.3) is 0 Å². The number of nitrogens with one attached hydrogen (secondary N) is 2. The molecule has 0 unspecified atom stereocenters. The highest BCUT2D eigenvalue weighted by Crippen LogP contribution is 2.32. The summed E-state index contributed by atoms with van der Waals surface area (Å²) in [5, 5.41) is 3.07. The molecule has 0 saturated carbocycles. The minimum absolute atomic E-state index is 0.0601. The number of pyridine rings is 1. The standard InChI is InChI=1S/C23H27IN4O/c1-2-17-15-18-7-5-13-28(23(18)20(24)16-17)26-12-6-11-25-27-14-10-22(29)19-8-3-4-9-21(19)27/h3-4,8-10,14-16,25-26H,2,5-7,11-13H2,1H3. The molecule has 1 aliphatic heterocycles. The summed E-state index contributed by atoms with van der Waals surface area (Å²) in [5.74, 6) is 0. The number of aromatic nitrogens is 1. The van der Waals surface area contributed by atoms with Crippen LogP contribution in [-0.2, 0) is 12.8 Å². The highest BCUT2D eigenvalue weighted by Gasteiger charge is 2.20. The number of para-hydroxylation sites is 1. The second kappa shape index (κ2) is 9.17. The maximum absolute atomic E-state index is 12.0. The average Bonchev–Trinajstić information content (AvgIpc) is 2.75. The van der Waals surface area contributed by atoms with Crippen LogP contribution in [-0.4, -0.2) is 24.3 Å². The molecule has 5 nitrogen and oxygen atoms in total. The number of nitrogens with zero attached hydrogens (tertiary/aromatic N) is 2. The number of halogens is 1. The van der Waals surface area contributed by atoms with Gasteiger partial charge >= 0.3 is 0 Å². The summed E-state index contributed by atoms with van der Waals surface area (Å²) in [6.45, 7) is 4.99. The van der Waals surface area contributed by atoms with E-state index in [2.05, 4.69) is 57.5 Å². The van der Waals surface area contributed by atoms with Gasteiger partial charge in [-0.3, -0.25) is 9.47 Å². The van der Waals surface area contributed by atoms with E-state index in [1.807, 2.05) is 35.1 Å². The van der Waals surface area contributed by atoms with E-state index < -0.39 is 0 Å². The molecule has 6 heteroatoms. The molecule has 1 aromatic heterocycles. The van der Waals surface area contributed by atoms with Crippen molar-refractivity contribution < 1.29 is 0 Å². The molecule has 152 valence electrons. The Balaban J connectivity index is 1.35. The zero-order valence-corrected chi connectivity index (χ0v) is 18.9. The van der Waals surface area contributed by atoms with Gasteiger partial charge in [0.1, 0.15) is 0 Å². The minimum atomic E-state index is 0.0601. The molecule has 0 radical (unpaired) electrons. The van der Waals surface area contributed by atoms with Crippen LogP contribution in [0, 0.1) is 3.57 Å². The molecule has 3 aromatic rings. The van der Waals surface area contributed by atoms with Crippen molar-refractivity contribution in [1.82, 2.24) is 10.1 Å². The normalized spacial score (nSPS) is 13.5. The van der Waals surface area contributed by atoms with Gasteiger partial charge in [-0.25, -0.2) is 5.43 Å². The molecule has 0 amide bonds. The van der Waals surface area contributed by atoms with Gasteiger partial charge in [-0.2, -0.15) is 0 Å². The Bertz CT molecular complexity index is 1060. The Morgan fingerprint density at radius 1 is 1.10 bits per heavy atom. The van der Waals surface area contributed by atoms with Crippen molar-refractivity contribution in [3.63, 3.8) is 0 Å². The Hall–Kier alpha value is -2.06. The van der Waals surface area contributed by atoms with Gasteiger partial charge in [0, 0.05) is 40.9 Å². The van der Waals surface area contributed by atoms with Crippen molar-refractivity contribution >= 4 is 39.2 Å². The Morgan fingerprint density at radius 2 is 1.93 bits per heavy atom. The van der Waals surface area contributed by atoms with E-state index >= 15 is 0 Å². The van der Waals surface area contributed by atoms with Gasteiger partial charge in [-0.1, -0.05) is 25.1 Å². The average molecular weight is 502 g/mol. The van der Waals surface area contributed by atoms with E-state index in [1.54, 1.807) is 6.07 Å². The third kappa shape index (κ3) is 4.43. The molecule has 2 N–H and O–H groups in total. The maximum Gasteiger partial charge on any atom is 0.189 e. The topological polar surface area (TPSA) is 49.3 Å². The lowest BCUT2D eigenvalue weighted by atomic mass is 9.99. The van der Waals surface area contributed by atoms with E-state index in [0.717, 1.165) is 43.4 Å². The number of benzene rings is 2. The molecule has 29 heavy (non-hydrogen) atoms. The van der Waals surface area contributed by atoms with Crippen LogP contribution in [0.15, 0.2) is 53.5 Å². The molecule has 0 atom stereocenters. The fourth-order valence-electron chi connectivity index (χ4n) is 3.96. The number of hydrazine groups is 1. The van der Waals surface area contributed by atoms with E-state index in [-0.39, 0.29) is 5.43 Å². The van der Waals surface area contributed by atoms with Gasteiger partial charge in [0.15, 0.2) is 5.43 Å². The Kier molecular flexibility index (Phi) is 6.40. The summed E-state index contributed by atoms with van der Waals surface area (Å²) in [5.41, 5.74) is 12.3. The first-order chi connectivity index (χ1) is 14.2. The molecule has 0 spiro atoms. The first-order valence-corrected chi connectivity index (χ1v) is 11.4. The molecule has 0 saturated heterocycles. The highest BCUT2D eigenvalue weighted by molar-refractivity contribution is 14.1. The molecule has 4 rings (SSSR count). The van der Waals surface area contributed by atoms with E-state index in [4.69, 9.17) is 0 Å². The van der Waals surface area contributed by atoms with Crippen LogP contribution < -0.4 is 21.3 Å². The summed E-state index contributed by atoms with van der Waals surface area (Å²) in [7, 11) is 0. The lowest BCUT2D eigenvalue weighted by Crippen LogP contribution is -2.43. The van der Waals surface area contributed by atoms with Crippen molar-refractivity contribution in [3.8, 4) is 0 Å². The zero-order chi connectivity index (χ0) is 20.2. The highest BCUT2D eigenvalue weighted by atomic mass is 127. The number of rotatable bonds is 7. The summed E-state index contributed by atoms with van der Waals surface area (Å²) < 4.78 is 3.28. The predicted octanol–water partition coefficient (Wildman–Crippen LogP) is 4.06. The van der Waals surface area contributed by atoms with Crippen molar-refractivity contribution in [3.05, 3.63) is 73.6 Å². The maximum atomic E-state index is 12.0. The van der Waals surface area contributed by atoms with Crippen molar-refractivity contribution in [2.45, 2.75) is 32.6 Å². The van der Waals surface area contributed by atoms with Crippen molar-refractivity contribution in [2.24, 2.45) is 0 Å². The van der Waals surface area contributed by atoms with Gasteiger partial charge < -0.3 is 10.4 Å².